The summed E-state index contributed by atoms with van der Waals surface area (Å²) in [5, 5.41) is 22.2. The van der Waals surface area contributed by atoms with Crippen molar-refractivity contribution >= 4 is 56.8 Å². The molecule has 29 heavy (non-hydrogen) atoms. The largest absolute Gasteiger partial charge is 0.389 e. The van der Waals surface area contributed by atoms with Crippen LogP contribution in [0.15, 0.2) is 48.8 Å². The molecule has 148 valence electrons. The number of hydrogen-bond donors (Lipinski definition) is 2. The second kappa shape index (κ2) is 7.14. The van der Waals surface area contributed by atoms with E-state index in [0.29, 0.717) is 22.7 Å². The fourth-order valence-corrected chi connectivity index (χ4v) is 5.19. The first-order valence-corrected chi connectivity index (χ1v) is 10.6. The lowest BCUT2D eigenvalue weighted by molar-refractivity contribution is 0.0313. The molecular weight excluding hydrogens is 410 g/mol. The first-order chi connectivity index (χ1) is 14.0. The number of benzene rings is 2. The highest BCUT2D eigenvalue weighted by Crippen LogP contribution is 2.40. The molecule has 1 saturated heterocycles. The van der Waals surface area contributed by atoms with Crippen molar-refractivity contribution in [1.82, 2.24) is 19.5 Å². The Bertz CT molecular complexity index is 1210. The van der Waals surface area contributed by atoms with E-state index in [2.05, 4.69) is 33.2 Å². The van der Waals surface area contributed by atoms with Crippen LogP contribution in [0.1, 0.15) is 5.37 Å². The number of hydrogen-bond acceptors (Lipinski definition) is 7. The molecule has 0 radical (unpaired) electrons. The summed E-state index contributed by atoms with van der Waals surface area (Å²) in [4.78, 5) is 15.3. The molecule has 0 spiro atoms. The molecular formula is C20H18ClN5O2S. The molecule has 7 nitrogen and oxygen atoms in total. The van der Waals surface area contributed by atoms with Crippen molar-refractivity contribution in [2.75, 3.05) is 17.7 Å². The van der Waals surface area contributed by atoms with E-state index in [4.69, 9.17) is 11.6 Å². The number of aliphatic hydroxyl groups excluding tert-OH is 2. The molecule has 2 aromatic carbocycles. The van der Waals surface area contributed by atoms with E-state index in [9.17, 15) is 10.2 Å². The van der Waals surface area contributed by atoms with Crippen LogP contribution in [0.4, 0.5) is 11.5 Å². The van der Waals surface area contributed by atoms with Crippen LogP contribution in [-0.4, -0.2) is 54.7 Å². The maximum absolute atomic E-state index is 10.3. The van der Waals surface area contributed by atoms with Gasteiger partial charge >= 0.3 is 0 Å². The van der Waals surface area contributed by atoms with Gasteiger partial charge in [0.2, 0.25) is 5.28 Å². The third kappa shape index (κ3) is 3.03. The van der Waals surface area contributed by atoms with E-state index in [1.165, 1.54) is 11.8 Å². The highest BCUT2D eigenvalue weighted by Gasteiger charge is 2.36. The average Bonchev–Trinajstić information content (AvgIpc) is 3.29. The number of aliphatic hydroxyl groups is 2. The van der Waals surface area contributed by atoms with Crippen molar-refractivity contribution in [2.45, 2.75) is 17.6 Å². The summed E-state index contributed by atoms with van der Waals surface area (Å²) in [5.41, 5.74) is 2.08. The van der Waals surface area contributed by atoms with Crippen LogP contribution in [0.2, 0.25) is 5.28 Å². The van der Waals surface area contributed by atoms with Gasteiger partial charge in [-0.2, -0.15) is 9.97 Å². The molecule has 2 N–H and O–H groups in total. The zero-order valence-corrected chi connectivity index (χ0v) is 17.0. The summed E-state index contributed by atoms with van der Waals surface area (Å²) in [6.45, 7) is 0. The average molecular weight is 428 g/mol. The lowest BCUT2D eigenvalue weighted by Gasteiger charge is -2.21. The standard InChI is InChI=1S/C20H18ClN5O2S/c1-25(13-8-4-6-11-5-2-3-7-12(11)13)17-15-18(24-20(21)23-17)26(10-22-15)19-16(28)14(27)9-29-19/h2-8,10,14,16,19,27-28H,9H2,1H3/t14-,16-,19-/m1/s1. The van der Waals surface area contributed by atoms with Gasteiger partial charge in [0.25, 0.3) is 0 Å². The molecule has 1 aliphatic heterocycles. The maximum atomic E-state index is 10.3. The third-order valence-electron chi connectivity index (χ3n) is 5.22. The number of rotatable bonds is 3. The Kier molecular flexibility index (Phi) is 4.59. The Morgan fingerprint density at radius 1 is 1.14 bits per heavy atom. The molecule has 1 aliphatic rings. The van der Waals surface area contributed by atoms with Gasteiger partial charge in [-0.05, 0) is 23.1 Å². The molecule has 3 atom stereocenters. The van der Waals surface area contributed by atoms with Gasteiger partial charge in [0.1, 0.15) is 11.5 Å². The van der Waals surface area contributed by atoms with Crippen LogP contribution in [0.5, 0.6) is 0 Å². The molecule has 5 rings (SSSR count). The summed E-state index contributed by atoms with van der Waals surface area (Å²) < 4.78 is 1.76. The van der Waals surface area contributed by atoms with Crippen molar-refractivity contribution in [2.24, 2.45) is 0 Å². The summed E-state index contributed by atoms with van der Waals surface area (Å²) in [6, 6.07) is 14.2. The number of fused-ring (bicyclic) bond motifs is 2. The van der Waals surface area contributed by atoms with E-state index in [-0.39, 0.29) is 10.7 Å². The van der Waals surface area contributed by atoms with Crippen molar-refractivity contribution in [3.05, 3.63) is 54.1 Å². The van der Waals surface area contributed by atoms with Gasteiger partial charge in [-0.1, -0.05) is 36.4 Å². The number of imidazole rings is 1. The molecule has 1 fully saturated rings. The molecule has 9 heteroatoms. The van der Waals surface area contributed by atoms with Gasteiger partial charge in [-0.25, -0.2) is 4.98 Å². The SMILES string of the molecule is CN(c1cccc2ccccc12)c1nc(Cl)nc2c1ncn2[C@@H]1SC[C@@H](O)[C@H]1O. The summed E-state index contributed by atoms with van der Waals surface area (Å²) in [7, 11) is 1.92. The van der Waals surface area contributed by atoms with E-state index in [1.807, 2.05) is 36.2 Å². The summed E-state index contributed by atoms with van der Waals surface area (Å²) >= 11 is 7.72. The van der Waals surface area contributed by atoms with Gasteiger partial charge in [0, 0.05) is 23.9 Å². The second-order valence-corrected chi connectivity index (χ2v) is 8.47. The van der Waals surface area contributed by atoms with Crippen LogP contribution in [0.25, 0.3) is 21.9 Å². The highest BCUT2D eigenvalue weighted by atomic mass is 35.5. The zero-order valence-electron chi connectivity index (χ0n) is 15.5. The normalized spacial score (nSPS) is 21.9. The molecule has 0 bridgehead atoms. The number of anilines is 2. The topological polar surface area (TPSA) is 87.3 Å². The molecule has 0 saturated carbocycles. The van der Waals surface area contributed by atoms with Crippen molar-refractivity contribution < 1.29 is 10.2 Å². The van der Waals surface area contributed by atoms with E-state index >= 15 is 0 Å². The maximum Gasteiger partial charge on any atom is 0.226 e. The Hall–Kier alpha value is -2.39. The lowest BCUT2D eigenvalue weighted by Crippen LogP contribution is -2.27. The molecule has 2 aromatic heterocycles. The van der Waals surface area contributed by atoms with Gasteiger partial charge in [0.15, 0.2) is 17.0 Å². The van der Waals surface area contributed by atoms with Gasteiger partial charge in [-0.3, -0.25) is 4.57 Å². The minimum absolute atomic E-state index is 0.0966. The second-order valence-electron chi connectivity index (χ2n) is 6.98. The number of halogens is 1. The van der Waals surface area contributed by atoms with Crippen LogP contribution in [0, 0.1) is 0 Å². The van der Waals surface area contributed by atoms with Crippen molar-refractivity contribution in [3.8, 4) is 0 Å². The highest BCUT2D eigenvalue weighted by molar-refractivity contribution is 7.99. The number of thioether (sulfide) groups is 1. The predicted octanol–water partition coefficient (Wildman–Crippen LogP) is 3.37. The van der Waals surface area contributed by atoms with Crippen molar-refractivity contribution in [1.29, 1.82) is 0 Å². The minimum atomic E-state index is -0.898. The van der Waals surface area contributed by atoms with E-state index in [0.717, 1.165) is 16.5 Å². The van der Waals surface area contributed by atoms with Crippen LogP contribution >= 0.6 is 23.4 Å². The molecule has 4 aromatic rings. The Morgan fingerprint density at radius 2 is 1.93 bits per heavy atom. The fourth-order valence-electron chi connectivity index (χ4n) is 3.74. The van der Waals surface area contributed by atoms with Gasteiger partial charge in [0.05, 0.1) is 12.4 Å². The summed E-state index contributed by atoms with van der Waals surface area (Å²) in [6.07, 6.45) is -0.0577. The molecule has 0 aliphatic carbocycles. The van der Waals surface area contributed by atoms with Crippen LogP contribution < -0.4 is 4.90 Å². The fraction of sp³-hybridized carbons (Fsp3) is 0.250. The number of nitrogens with zero attached hydrogens (tertiary/aromatic N) is 5. The monoisotopic (exact) mass is 427 g/mol. The molecule has 3 heterocycles. The summed E-state index contributed by atoms with van der Waals surface area (Å²) in [5.74, 6) is 1.03. The molecule has 0 amide bonds. The zero-order chi connectivity index (χ0) is 20.1. The first-order valence-electron chi connectivity index (χ1n) is 9.14. The quantitative estimate of drug-likeness (QED) is 0.484. The van der Waals surface area contributed by atoms with Crippen LogP contribution in [0.3, 0.4) is 0 Å². The Balaban J connectivity index is 1.66. The minimum Gasteiger partial charge on any atom is -0.389 e. The Morgan fingerprint density at radius 3 is 2.72 bits per heavy atom. The predicted molar refractivity (Wildman–Crippen MR) is 116 cm³/mol. The van der Waals surface area contributed by atoms with Gasteiger partial charge in [-0.15, -0.1) is 11.8 Å². The Labute approximate surface area is 176 Å². The van der Waals surface area contributed by atoms with Crippen molar-refractivity contribution in [3.63, 3.8) is 0 Å². The first kappa shape index (κ1) is 18.6. The van der Waals surface area contributed by atoms with Gasteiger partial charge < -0.3 is 15.1 Å². The number of aromatic nitrogens is 4. The van der Waals surface area contributed by atoms with E-state index in [1.54, 1.807) is 10.9 Å². The smallest absolute Gasteiger partial charge is 0.226 e. The lowest BCUT2D eigenvalue weighted by atomic mass is 10.1. The third-order valence-corrected chi connectivity index (χ3v) is 6.77. The molecule has 0 unspecified atom stereocenters. The van der Waals surface area contributed by atoms with Crippen LogP contribution in [-0.2, 0) is 0 Å². The van der Waals surface area contributed by atoms with E-state index < -0.39 is 12.2 Å².